The summed E-state index contributed by atoms with van der Waals surface area (Å²) in [7, 11) is 1.68. The monoisotopic (exact) mass is 420 g/mol. The molecule has 3 rings (SSSR count). The highest BCUT2D eigenvalue weighted by Crippen LogP contribution is 2.20. The SMILES string of the molecule is COc1ccc(N2CCN(C[C@@H](O)COCCOc3ccc(Cl)cc3)CC2)cc1. The van der Waals surface area contributed by atoms with E-state index in [-0.39, 0.29) is 0 Å². The third-order valence-corrected chi connectivity index (χ3v) is 5.15. The number of methoxy groups -OCH3 is 1. The Morgan fingerprint density at radius 2 is 1.59 bits per heavy atom. The summed E-state index contributed by atoms with van der Waals surface area (Å²) in [6.45, 7) is 5.52. The molecule has 0 spiro atoms. The van der Waals surface area contributed by atoms with Gasteiger partial charge in [-0.15, -0.1) is 0 Å². The summed E-state index contributed by atoms with van der Waals surface area (Å²) in [5.41, 5.74) is 1.20. The predicted octanol–water partition coefficient (Wildman–Crippen LogP) is 2.93. The molecule has 1 fully saturated rings. The van der Waals surface area contributed by atoms with E-state index in [0.717, 1.165) is 37.7 Å². The van der Waals surface area contributed by atoms with Crippen LogP contribution in [0, 0.1) is 0 Å². The van der Waals surface area contributed by atoms with E-state index < -0.39 is 6.10 Å². The van der Waals surface area contributed by atoms with Crippen LogP contribution in [-0.2, 0) is 4.74 Å². The molecular weight excluding hydrogens is 392 g/mol. The van der Waals surface area contributed by atoms with E-state index in [1.165, 1.54) is 5.69 Å². The van der Waals surface area contributed by atoms with Crippen LogP contribution in [0.4, 0.5) is 5.69 Å². The summed E-state index contributed by atoms with van der Waals surface area (Å²) >= 11 is 5.84. The van der Waals surface area contributed by atoms with Gasteiger partial charge in [0, 0.05) is 43.4 Å². The Morgan fingerprint density at radius 3 is 2.24 bits per heavy atom. The Hall–Kier alpha value is -1.99. The standard InChI is InChI=1S/C22H29ClN2O4/c1-27-21-8-4-19(5-9-21)25-12-10-24(11-13-25)16-20(26)17-28-14-15-29-22-6-2-18(23)3-7-22/h2-9,20,26H,10-17H2,1H3/t20-/m1/s1. The van der Waals surface area contributed by atoms with Crippen LogP contribution in [0.3, 0.4) is 0 Å². The van der Waals surface area contributed by atoms with Crippen LogP contribution in [0.25, 0.3) is 0 Å². The molecule has 0 amide bonds. The van der Waals surface area contributed by atoms with Crippen LogP contribution in [0.15, 0.2) is 48.5 Å². The van der Waals surface area contributed by atoms with Gasteiger partial charge in [-0.2, -0.15) is 0 Å². The lowest BCUT2D eigenvalue weighted by atomic mass is 10.2. The van der Waals surface area contributed by atoms with E-state index in [4.69, 9.17) is 25.8 Å². The number of hydrogen-bond acceptors (Lipinski definition) is 6. The molecule has 0 unspecified atom stereocenters. The molecular formula is C22H29ClN2O4. The van der Waals surface area contributed by atoms with Gasteiger partial charge in [0.2, 0.25) is 0 Å². The topological polar surface area (TPSA) is 54.4 Å². The first kappa shape index (κ1) is 21.7. The second-order valence-electron chi connectivity index (χ2n) is 7.02. The van der Waals surface area contributed by atoms with E-state index in [2.05, 4.69) is 21.9 Å². The van der Waals surface area contributed by atoms with Crippen LogP contribution in [0.2, 0.25) is 5.02 Å². The molecule has 0 saturated carbocycles. The fraction of sp³-hybridized carbons (Fsp3) is 0.455. The minimum Gasteiger partial charge on any atom is -0.497 e. The highest BCUT2D eigenvalue weighted by atomic mass is 35.5. The lowest BCUT2D eigenvalue weighted by molar-refractivity contribution is 0.00718. The molecule has 6 nitrogen and oxygen atoms in total. The predicted molar refractivity (Wildman–Crippen MR) is 115 cm³/mol. The minimum absolute atomic E-state index is 0.308. The number of aliphatic hydroxyl groups excluding tert-OH is 1. The van der Waals surface area contributed by atoms with Gasteiger partial charge in [-0.25, -0.2) is 0 Å². The number of ether oxygens (including phenoxy) is 3. The second-order valence-corrected chi connectivity index (χ2v) is 7.45. The number of halogens is 1. The molecule has 1 aliphatic heterocycles. The van der Waals surface area contributed by atoms with Crippen molar-refractivity contribution < 1.29 is 19.3 Å². The normalized spacial score (nSPS) is 15.9. The molecule has 1 N–H and O–H groups in total. The zero-order chi connectivity index (χ0) is 20.5. The van der Waals surface area contributed by atoms with Crippen molar-refractivity contribution in [2.24, 2.45) is 0 Å². The van der Waals surface area contributed by atoms with Crippen molar-refractivity contribution in [3.63, 3.8) is 0 Å². The van der Waals surface area contributed by atoms with Crippen molar-refractivity contribution in [3.05, 3.63) is 53.6 Å². The zero-order valence-electron chi connectivity index (χ0n) is 16.8. The van der Waals surface area contributed by atoms with E-state index in [9.17, 15) is 5.11 Å². The van der Waals surface area contributed by atoms with Crippen molar-refractivity contribution in [2.75, 3.05) is 64.6 Å². The Bertz CT molecular complexity index is 719. The fourth-order valence-corrected chi connectivity index (χ4v) is 3.43. The Morgan fingerprint density at radius 1 is 0.931 bits per heavy atom. The van der Waals surface area contributed by atoms with Gasteiger partial charge in [0.05, 0.1) is 26.4 Å². The number of rotatable bonds is 10. The largest absolute Gasteiger partial charge is 0.497 e. The average molecular weight is 421 g/mol. The molecule has 2 aromatic rings. The summed E-state index contributed by atoms with van der Waals surface area (Å²) in [5.74, 6) is 1.63. The summed E-state index contributed by atoms with van der Waals surface area (Å²) in [6, 6.07) is 15.4. The van der Waals surface area contributed by atoms with Gasteiger partial charge in [-0.05, 0) is 48.5 Å². The number of benzene rings is 2. The highest BCUT2D eigenvalue weighted by Gasteiger charge is 2.19. The third-order valence-electron chi connectivity index (χ3n) is 4.90. The quantitative estimate of drug-likeness (QED) is 0.596. The first-order valence-electron chi connectivity index (χ1n) is 9.89. The lowest BCUT2D eigenvalue weighted by Gasteiger charge is -2.36. The minimum atomic E-state index is -0.502. The van der Waals surface area contributed by atoms with Crippen LogP contribution >= 0.6 is 11.6 Å². The summed E-state index contributed by atoms with van der Waals surface area (Å²) in [5, 5.41) is 10.9. The average Bonchev–Trinajstić information content (AvgIpc) is 2.75. The van der Waals surface area contributed by atoms with Crippen molar-refractivity contribution in [2.45, 2.75) is 6.10 Å². The number of piperazine rings is 1. The number of anilines is 1. The molecule has 2 aromatic carbocycles. The van der Waals surface area contributed by atoms with E-state index in [0.29, 0.717) is 31.4 Å². The smallest absolute Gasteiger partial charge is 0.119 e. The van der Waals surface area contributed by atoms with Crippen LogP contribution in [0.1, 0.15) is 0 Å². The number of hydrogen-bond donors (Lipinski definition) is 1. The molecule has 0 aromatic heterocycles. The zero-order valence-corrected chi connectivity index (χ0v) is 17.6. The van der Waals surface area contributed by atoms with E-state index in [1.54, 1.807) is 19.2 Å². The van der Waals surface area contributed by atoms with Gasteiger partial charge in [0.25, 0.3) is 0 Å². The fourth-order valence-electron chi connectivity index (χ4n) is 3.30. The molecule has 158 valence electrons. The van der Waals surface area contributed by atoms with E-state index in [1.807, 2.05) is 24.3 Å². The van der Waals surface area contributed by atoms with Crippen LogP contribution in [-0.4, -0.2) is 75.8 Å². The third kappa shape index (κ3) is 7.08. The number of nitrogens with zero attached hydrogens (tertiary/aromatic N) is 2. The van der Waals surface area contributed by atoms with Gasteiger partial charge in [-0.1, -0.05) is 11.6 Å². The first-order chi connectivity index (χ1) is 14.1. The lowest BCUT2D eigenvalue weighted by Crippen LogP contribution is -2.49. The van der Waals surface area contributed by atoms with Gasteiger partial charge >= 0.3 is 0 Å². The maximum absolute atomic E-state index is 10.2. The van der Waals surface area contributed by atoms with Crippen molar-refractivity contribution in [1.29, 1.82) is 0 Å². The maximum atomic E-state index is 10.2. The summed E-state index contributed by atoms with van der Waals surface area (Å²) in [6.07, 6.45) is -0.502. The molecule has 29 heavy (non-hydrogen) atoms. The first-order valence-corrected chi connectivity index (χ1v) is 10.3. The van der Waals surface area contributed by atoms with Gasteiger partial charge < -0.3 is 24.2 Å². The molecule has 1 saturated heterocycles. The molecule has 1 atom stereocenters. The van der Waals surface area contributed by atoms with Crippen LogP contribution < -0.4 is 14.4 Å². The van der Waals surface area contributed by atoms with Crippen LogP contribution in [0.5, 0.6) is 11.5 Å². The second kappa shape index (κ2) is 11.3. The van der Waals surface area contributed by atoms with E-state index >= 15 is 0 Å². The molecule has 7 heteroatoms. The molecule has 0 radical (unpaired) electrons. The molecule has 1 heterocycles. The van der Waals surface area contributed by atoms with Crippen molar-refractivity contribution >= 4 is 17.3 Å². The summed E-state index contributed by atoms with van der Waals surface area (Å²) in [4.78, 5) is 4.63. The highest BCUT2D eigenvalue weighted by molar-refractivity contribution is 6.30. The molecule has 0 aliphatic carbocycles. The molecule has 0 bridgehead atoms. The Balaban J connectivity index is 1.28. The Labute approximate surface area is 177 Å². The molecule has 1 aliphatic rings. The van der Waals surface area contributed by atoms with Gasteiger partial charge in [-0.3, -0.25) is 4.90 Å². The van der Waals surface area contributed by atoms with Crippen molar-refractivity contribution in [3.8, 4) is 11.5 Å². The maximum Gasteiger partial charge on any atom is 0.119 e. The Kier molecular flexibility index (Phi) is 8.43. The van der Waals surface area contributed by atoms with Gasteiger partial charge in [0.1, 0.15) is 18.1 Å². The van der Waals surface area contributed by atoms with Crippen molar-refractivity contribution in [1.82, 2.24) is 4.90 Å². The number of aliphatic hydroxyl groups is 1. The summed E-state index contributed by atoms with van der Waals surface area (Å²) < 4.78 is 16.3. The van der Waals surface area contributed by atoms with Gasteiger partial charge in [0.15, 0.2) is 0 Å². The number of β-amino-alcohol motifs (C(OH)–C–C–N with tert-alkyl or cyclic N) is 1.